The lowest BCUT2D eigenvalue weighted by Crippen LogP contribution is -2.23. The van der Waals surface area contributed by atoms with Gasteiger partial charge in [-0.05, 0) is 6.07 Å². The van der Waals surface area contributed by atoms with Crippen LogP contribution < -0.4 is 5.32 Å². The SMILES string of the molecule is Cn1cc(CNC(=O)c2ccnc(Cl)c2[N+](=O)[O-])cn1. The second-order valence-corrected chi connectivity index (χ2v) is 4.32. The average Bonchev–Trinajstić information content (AvgIpc) is 2.81. The van der Waals surface area contributed by atoms with E-state index >= 15 is 0 Å². The first-order valence-corrected chi connectivity index (χ1v) is 5.91. The van der Waals surface area contributed by atoms with Gasteiger partial charge in [-0.3, -0.25) is 19.6 Å². The van der Waals surface area contributed by atoms with Crippen LogP contribution in [0, 0.1) is 10.1 Å². The summed E-state index contributed by atoms with van der Waals surface area (Å²) in [5.41, 5.74) is 0.153. The van der Waals surface area contributed by atoms with E-state index < -0.39 is 16.5 Å². The van der Waals surface area contributed by atoms with Crippen LogP contribution in [0.5, 0.6) is 0 Å². The number of nitro groups is 1. The van der Waals surface area contributed by atoms with Crippen LogP contribution in [0.3, 0.4) is 0 Å². The van der Waals surface area contributed by atoms with Gasteiger partial charge < -0.3 is 5.32 Å². The van der Waals surface area contributed by atoms with Gasteiger partial charge in [-0.15, -0.1) is 0 Å². The number of nitrogens with zero attached hydrogens (tertiary/aromatic N) is 4. The lowest BCUT2D eigenvalue weighted by molar-refractivity contribution is -0.385. The molecule has 0 aromatic carbocycles. The molecule has 0 bridgehead atoms. The minimum absolute atomic E-state index is 0.126. The summed E-state index contributed by atoms with van der Waals surface area (Å²) in [5, 5.41) is 17.1. The maximum atomic E-state index is 12.0. The Bertz CT molecular complexity index is 670. The van der Waals surface area contributed by atoms with E-state index in [4.69, 9.17) is 11.6 Å². The Morgan fingerprint density at radius 1 is 1.60 bits per heavy atom. The first kappa shape index (κ1) is 13.9. The standard InChI is InChI=1S/C11H10ClN5O3/c1-16-6-7(5-15-16)4-14-11(18)8-2-3-13-10(12)9(8)17(19)20/h2-3,5-6H,4H2,1H3,(H,14,18). The van der Waals surface area contributed by atoms with Crippen LogP contribution in [0.25, 0.3) is 0 Å². The lowest BCUT2D eigenvalue weighted by atomic mass is 10.2. The van der Waals surface area contributed by atoms with Crippen molar-refractivity contribution in [2.45, 2.75) is 6.54 Å². The molecule has 8 nitrogen and oxygen atoms in total. The lowest BCUT2D eigenvalue weighted by Gasteiger charge is -2.04. The minimum Gasteiger partial charge on any atom is -0.348 e. The molecule has 0 fully saturated rings. The van der Waals surface area contributed by atoms with Crippen molar-refractivity contribution >= 4 is 23.2 Å². The van der Waals surface area contributed by atoms with Crippen molar-refractivity contribution in [3.05, 3.63) is 51.1 Å². The Balaban J connectivity index is 2.17. The number of amides is 1. The highest BCUT2D eigenvalue weighted by molar-refractivity contribution is 6.32. The number of carbonyl (C=O) groups excluding carboxylic acids is 1. The van der Waals surface area contributed by atoms with Crippen LogP contribution in [0.15, 0.2) is 24.7 Å². The molecule has 0 aliphatic heterocycles. The van der Waals surface area contributed by atoms with Gasteiger partial charge in [-0.1, -0.05) is 11.6 Å². The van der Waals surface area contributed by atoms with E-state index in [2.05, 4.69) is 15.4 Å². The highest BCUT2D eigenvalue weighted by Crippen LogP contribution is 2.25. The van der Waals surface area contributed by atoms with Gasteiger partial charge in [-0.25, -0.2) is 4.98 Å². The molecule has 0 spiro atoms. The zero-order chi connectivity index (χ0) is 14.7. The molecule has 2 rings (SSSR count). The first-order valence-electron chi connectivity index (χ1n) is 5.53. The Morgan fingerprint density at radius 3 is 2.95 bits per heavy atom. The van der Waals surface area contributed by atoms with Crippen molar-refractivity contribution in [2.24, 2.45) is 7.05 Å². The monoisotopic (exact) mass is 295 g/mol. The number of nitrogens with one attached hydrogen (secondary N) is 1. The van der Waals surface area contributed by atoms with Gasteiger partial charge in [0.05, 0.1) is 11.1 Å². The highest BCUT2D eigenvalue weighted by Gasteiger charge is 2.24. The van der Waals surface area contributed by atoms with E-state index in [1.165, 1.54) is 12.3 Å². The minimum atomic E-state index is -0.728. The van der Waals surface area contributed by atoms with E-state index in [1.54, 1.807) is 24.1 Å². The molecule has 0 saturated heterocycles. The molecule has 0 atom stereocenters. The maximum Gasteiger partial charge on any atom is 0.319 e. The van der Waals surface area contributed by atoms with Crippen molar-refractivity contribution in [1.29, 1.82) is 0 Å². The maximum absolute atomic E-state index is 12.0. The zero-order valence-electron chi connectivity index (χ0n) is 10.4. The van der Waals surface area contributed by atoms with Crippen molar-refractivity contribution in [3.8, 4) is 0 Å². The number of rotatable bonds is 4. The van der Waals surface area contributed by atoms with Crippen molar-refractivity contribution in [2.75, 3.05) is 0 Å². The van der Waals surface area contributed by atoms with E-state index in [-0.39, 0.29) is 17.3 Å². The summed E-state index contributed by atoms with van der Waals surface area (Å²) < 4.78 is 1.59. The van der Waals surface area contributed by atoms with E-state index in [9.17, 15) is 14.9 Å². The molecule has 1 N–H and O–H groups in total. The Labute approximate surface area is 118 Å². The molecule has 0 unspecified atom stereocenters. The number of carbonyl (C=O) groups is 1. The van der Waals surface area contributed by atoms with Crippen LogP contribution in [0.4, 0.5) is 5.69 Å². The number of aromatic nitrogens is 3. The Kier molecular flexibility index (Phi) is 3.94. The van der Waals surface area contributed by atoms with E-state index in [0.29, 0.717) is 0 Å². The quantitative estimate of drug-likeness (QED) is 0.520. The molecule has 0 aliphatic carbocycles. The number of pyridine rings is 1. The van der Waals surface area contributed by atoms with Gasteiger partial charge in [0.15, 0.2) is 0 Å². The van der Waals surface area contributed by atoms with Crippen molar-refractivity contribution in [3.63, 3.8) is 0 Å². The second kappa shape index (κ2) is 5.66. The molecule has 2 aromatic rings. The molecular formula is C11H10ClN5O3. The fourth-order valence-electron chi connectivity index (χ4n) is 1.63. The Morgan fingerprint density at radius 2 is 2.35 bits per heavy atom. The van der Waals surface area contributed by atoms with Crippen molar-refractivity contribution < 1.29 is 9.72 Å². The van der Waals surface area contributed by atoms with Gasteiger partial charge in [0.1, 0.15) is 5.56 Å². The molecule has 0 radical (unpaired) electrons. The summed E-state index contributed by atoms with van der Waals surface area (Å²) >= 11 is 5.64. The molecule has 20 heavy (non-hydrogen) atoms. The predicted molar refractivity (Wildman–Crippen MR) is 70.3 cm³/mol. The summed E-state index contributed by atoms with van der Waals surface area (Å²) in [6.45, 7) is 0.212. The summed E-state index contributed by atoms with van der Waals surface area (Å²) in [7, 11) is 1.75. The van der Waals surface area contributed by atoms with Crippen LogP contribution >= 0.6 is 11.6 Å². The van der Waals surface area contributed by atoms with Gasteiger partial charge in [0.2, 0.25) is 5.15 Å². The smallest absolute Gasteiger partial charge is 0.319 e. The van der Waals surface area contributed by atoms with Gasteiger partial charge in [-0.2, -0.15) is 5.10 Å². The van der Waals surface area contributed by atoms with E-state index in [1.807, 2.05) is 0 Å². The largest absolute Gasteiger partial charge is 0.348 e. The fourth-order valence-corrected chi connectivity index (χ4v) is 1.85. The van der Waals surface area contributed by atoms with Crippen LogP contribution in [-0.4, -0.2) is 25.6 Å². The van der Waals surface area contributed by atoms with Crippen molar-refractivity contribution in [1.82, 2.24) is 20.1 Å². The third-order valence-electron chi connectivity index (χ3n) is 2.52. The number of hydrogen-bond acceptors (Lipinski definition) is 5. The molecule has 1 amide bonds. The summed E-state index contributed by atoms with van der Waals surface area (Å²) in [4.78, 5) is 25.8. The van der Waals surface area contributed by atoms with Crippen LogP contribution in [0.1, 0.15) is 15.9 Å². The second-order valence-electron chi connectivity index (χ2n) is 3.96. The summed E-state index contributed by atoms with van der Waals surface area (Å²) in [6.07, 6.45) is 4.57. The number of halogens is 1. The fraction of sp³-hybridized carbons (Fsp3) is 0.182. The highest BCUT2D eigenvalue weighted by atomic mass is 35.5. The topological polar surface area (TPSA) is 103 Å². The zero-order valence-corrected chi connectivity index (χ0v) is 11.2. The third kappa shape index (κ3) is 2.91. The number of hydrogen-bond donors (Lipinski definition) is 1. The molecule has 2 heterocycles. The molecule has 0 saturated carbocycles. The Hall–Kier alpha value is -2.48. The van der Waals surface area contributed by atoms with E-state index in [0.717, 1.165) is 5.56 Å². The molecule has 104 valence electrons. The molecular weight excluding hydrogens is 286 g/mol. The van der Waals surface area contributed by atoms with Gasteiger partial charge in [0.25, 0.3) is 5.91 Å². The van der Waals surface area contributed by atoms with Crippen LogP contribution in [0.2, 0.25) is 5.15 Å². The normalized spacial score (nSPS) is 10.3. The first-order chi connectivity index (χ1) is 9.49. The molecule has 0 aliphatic rings. The van der Waals surface area contributed by atoms with Gasteiger partial charge in [0, 0.05) is 31.5 Å². The van der Waals surface area contributed by atoms with Crippen LogP contribution in [-0.2, 0) is 13.6 Å². The third-order valence-corrected chi connectivity index (χ3v) is 2.79. The summed E-state index contributed by atoms with van der Waals surface area (Å²) in [5.74, 6) is -0.593. The average molecular weight is 296 g/mol. The van der Waals surface area contributed by atoms with Gasteiger partial charge >= 0.3 is 5.69 Å². The molecule has 2 aromatic heterocycles. The molecule has 9 heteroatoms. The summed E-state index contributed by atoms with van der Waals surface area (Å²) in [6, 6.07) is 1.25. The number of aryl methyl sites for hydroxylation is 1. The predicted octanol–water partition coefficient (Wildman–Crippen LogP) is 1.31.